The van der Waals surface area contributed by atoms with Crippen LogP contribution in [0.3, 0.4) is 0 Å². The van der Waals surface area contributed by atoms with Crippen LogP contribution in [-0.2, 0) is 16.1 Å². The maximum absolute atomic E-state index is 12.3. The van der Waals surface area contributed by atoms with Gasteiger partial charge in [0, 0.05) is 17.4 Å². The number of benzene rings is 2. The van der Waals surface area contributed by atoms with Crippen molar-refractivity contribution >= 4 is 28.5 Å². The lowest BCUT2D eigenvalue weighted by Gasteiger charge is -2.08. The highest BCUT2D eigenvalue weighted by Gasteiger charge is 2.09. The van der Waals surface area contributed by atoms with E-state index in [2.05, 4.69) is 11.4 Å². The monoisotopic (exact) mass is 336 g/mol. The van der Waals surface area contributed by atoms with Crippen LogP contribution in [0.15, 0.2) is 54.7 Å². The second kappa shape index (κ2) is 7.21. The largest absolute Gasteiger partial charge is 0.462 e. The number of esters is 1. The van der Waals surface area contributed by atoms with Gasteiger partial charge in [-0.1, -0.05) is 11.6 Å². The van der Waals surface area contributed by atoms with Gasteiger partial charge in [0.1, 0.15) is 6.54 Å². The second-order valence-corrected chi connectivity index (χ2v) is 5.85. The molecule has 0 aliphatic carbocycles. The second-order valence-electron chi connectivity index (χ2n) is 5.85. The van der Waals surface area contributed by atoms with E-state index in [1.807, 2.05) is 35.9 Å². The summed E-state index contributed by atoms with van der Waals surface area (Å²) in [6.45, 7) is 4.37. The maximum Gasteiger partial charge on any atom is 0.338 e. The van der Waals surface area contributed by atoms with Crippen molar-refractivity contribution in [3.05, 3.63) is 65.9 Å². The van der Waals surface area contributed by atoms with E-state index in [0.717, 1.165) is 10.9 Å². The predicted octanol–water partition coefficient (Wildman–Crippen LogP) is 3.77. The Morgan fingerprint density at radius 2 is 1.84 bits per heavy atom. The van der Waals surface area contributed by atoms with Gasteiger partial charge in [-0.3, -0.25) is 4.79 Å². The summed E-state index contributed by atoms with van der Waals surface area (Å²) in [5, 5.41) is 3.96. The smallest absolute Gasteiger partial charge is 0.338 e. The number of aryl methyl sites for hydroxylation is 1. The Hall–Kier alpha value is -3.08. The van der Waals surface area contributed by atoms with Gasteiger partial charge in [-0.15, -0.1) is 0 Å². The highest BCUT2D eigenvalue weighted by molar-refractivity contribution is 5.93. The van der Waals surface area contributed by atoms with Crippen LogP contribution < -0.4 is 5.32 Å². The summed E-state index contributed by atoms with van der Waals surface area (Å²) in [5.41, 5.74) is 3.33. The first-order valence-corrected chi connectivity index (χ1v) is 8.19. The van der Waals surface area contributed by atoms with Crippen molar-refractivity contribution in [2.45, 2.75) is 20.4 Å². The number of hydrogen-bond donors (Lipinski definition) is 1. The molecule has 0 aliphatic heterocycles. The Morgan fingerprint density at radius 3 is 2.56 bits per heavy atom. The first-order chi connectivity index (χ1) is 12.1. The number of carbonyl (C=O) groups excluding carboxylic acids is 2. The molecule has 0 saturated heterocycles. The number of carbonyl (C=O) groups is 2. The fraction of sp³-hybridized carbons (Fsp3) is 0.200. The third-order valence-electron chi connectivity index (χ3n) is 3.92. The van der Waals surface area contributed by atoms with Crippen molar-refractivity contribution in [1.29, 1.82) is 0 Å². The van der Waals surface area contributed by atoms with Crippen molar-refractivity contribution in [3.8, 4) is 0 Å². The summed E-state index contributed by atoms with van der Waals surface area (Å²) in [6.07, 6.45) is 1.91. The lowest BCUT2D eigenvalue weighted by molar-refractivity contribution is -0.116. The van der Waals surface area contributed by atoms with Gasteiger partial charge < -0.3 is 14.6 Å². The van der Waals surface area contributed by atoms with Crippen molar-refractivity contribution in [2.75, 3.05) is 11.9 Å². The molecule has 0 radical (unpaired) electrons. The predicted molar refractivity (Wildman–Crippen MR) is 97.7 cm³/mol. The summed E-state index contributed by atoms with van der Waals surface area (Å²) >= 11 is 0. The minimum absolute atomic E-state index is 0.123. The van der Waals surface area contributed by atoms with E-state index in [4.69, 9.17) is 4.74 Å². The average molecular weight is 336 g/mol. The number of aromatic nitrogens is 1. The van der Waals surface area contributed by atoms with Crippen LogP contribution in [0.5, 0.6) is 0 Å². The Bertz CT molecular complexity index is 910. The van der Waals surface area contributed by atoms with Crippen molar-refractivity contribution < 1.29 is 14.3 Å². The number of hydrogen-bond acceptors (Lipinski definition) is 3. The van der Waals surface area contributed by atoms with Crippen molar-refractivity contribution in [2.24, 2.45) is 0 Å². The SMILES string of the molecule is CCOC(=O)c1ccc(NC(=O)Cn2ccc3cc(C)ccc32)cc1. The highest BCUT2D eigenvalue weighted by Crippen LogP contribution is 2.18. The summed E-state index contributed by atoms with van der Waals surface area (Å²) in [4.78, 5) is 23.9. The standard InChI is InChI=1S/C20H20N2O3/c1-3-25-20(24)15-5-7-17(8-6-15)21-19(23)13-22-11-10-16-12-14(2)4-9-18(16)22/h4-12H,3,13H2,1-2H3,(H,21,23). The van der Waals surface area contributed by atoms with Gasteiger partial charge in [0.2, 0.25) is 5.91 Å². The van der Waals surface area contributed by atoms with Crippen LogP contribution in [0.4, 0.5) is 5.69 Å². The summed E-state index contributed by atoms with van der Waals surface area (Å²) in [6, 6.07) is 14.8. The first kappa shape index (κ1) is 16.8. The topological polar surface area (TPSA) is 60.3 Å². The molecule has 2 aromatic carbocycles. The molecular formula is C20H20N2O3. The lowest BCUT2D eigenvalue weighted by Crippen LogP contribution is -2.18. The number of anilines is 1. The molecule has 0 aliphatic rings. The quantitative estimate of drug-likeness (QED) is 0.722. The van der Waals surface area contributed by atoms with Gasteiger partial charge in [-0.2, -0.15) is 0 Å². The zero-order chi connectivity index (χ0) is 17.8. The number of nitrogens with zero attached hydrogens (tertiary/aromatic N) is 1. The van der Waals surface area contributed by atoms with E-state index < -0.39 is 0 Å². The van der Waals surface area contributed by atoms with Gasteiger partial charge in [0.15, 0.2) is 0 Å². The molecule has 5 nitrogen and oxygen atoms in total. The van der Waals surface area contributed by atoms with E-state index in [1.54, 1.807) is 31.2 Å². The molecule has 0 atom stereocenters. The number of fused-ring (bicyclic) bond motifs is 1. The average Bonchev–Trinajstić information content (AvgIpc) is 2.97. The fourth-order valence-electron chi connectivity index (χ4n) is 2.72. The zero-order valence-corrected chi connectivity index (χ0v) is 14.3. The molecule has 1 amide bonds. The van der Waals surface area contributed by atoms with E-state index in [0.29, 0.717) is 17.9 Å². The minimum atomic E-state index is -0.366. The van der Waals surface area contributed by atoms with E-state index in [1.165, 1.54) is 5.56 Å². The molecule has 0 spiro atoms. The highest BCUT2D eigenvalue weighted by atomic mass is 16.5. The number of nitrogens with one attached hydrogen (secondary N) is 1. The Kier molecular flexibility index (Phi) is 4.84. The number of ether oxygens (including phenoxy) is 1. The summed E-state index contributed by atoms with van der Waals surface area (Å²) in [5.74, 6) is -0.489. The van der Waals surface area contributed by atoms with Gasteiger partial charge in [0.05, 0.1) is 12.2 Å². The van der Waals surface area contributed by atoms with Gasteiger partial charge in [-0.25, -0.2) is 4.79 Å². The zero-order valence-electron chi connectivity index (χ0n) is 14.3. The maximum atomic E-state index is 12.3. The molecule has 0 fully saturated rings. The Balaban J connectivity index is 1.66. The van der Waals surface area contributed by atoms with E-state index in [9.17, 15) is 9.59 Å². The first-order valence-electron chi connectivity index (χ1n) is 8.19. The summed E-state index contributed by atoms with van der Waals surface area (Å²) < 4.78 is 6.85. The molecule has 1 N–H and O–H groups in total. The molecule has 128 valence electrons. The lowest BCUT2D eigenvalue weighted by atomic mass is 10.2. The van der Waals surface area contributed by atoms with Crippen LogP contribution in [-0.4, -0.2) is 23.1 Å². The molecule has 5 heteroatoms. The van der Waals surface area contributed by atoms with Gasteiger partial charge in [0.25, 0.3) is 0 Å². The van der Waals surface area contributed by atoms with Crippen LogP contribution >= 0.6 is 0 Å². The van der Waals surface area contributed by atoms with E-state index >= 15 is 0 Å². The number of rotatable bonds is 5. The Labute approximate surface area is 146 Å². The van der Waals surface area contributed by atoms with Gasteiger partial charge >= 0.3 is 5.97 Å². The molecule has 3 rings (SSSR count). The fourth-order valence-corrected chi connectivity index (χ4v) is 2.72. The minimum Gasteiger partial charge on any atom is -0.462 e. The van der Waals surface area contributed by atoms with Crippen molar-refractivity contribution in [3.63, 3.8) is 0 Å². The van der Waals surface area contributed by atoms with Crippen LogP contribution in [0.25, 0.3) is 10.9 Å². The molecule has 1 aromatic heterocycles. The van der Waals surface area contributed by atoms with Crippen LogP contribution in [0.2, 0.25) is 0 Å². The normalized spacial score (nSPS) is 10.6. The van der Waals surface area contributed by atoms with E-state index in [-0.39, 0.29) is 18.4 Å². The van der Waals surface area contributed by atoms with Gasteiger partial charge in [-0.05, 0) is 61.7 Å². The van der Waals surface area contributed by atoms with Crippen molar-refractivity contribution in [1.82, 2.24) is 4.57 Å². The molecule has 0 bridgehead atoms. The third-order valence-corrected chi connectivity index (χ3v) is 3.92. The summed E-state index contributed by atoms with van der Waals surface area (Å²) in [7, 11) is 0. The van der Waals surface area contributed by atoms with Crippen LogP contribution in [0, 0.1) is 6.92 Å². The Morgan fingerprint density at radius 1 is 1.08 bits per heavy atom. The number of amides is 1. The molecule has 25 heavy (non-hydrogen) atoms. The molecule has 0 unspecified atom stereocenters. The van der Waals surface area contributed by atoms with Crippen LogP contribution in [0.1, 0.15) is 22.8 Å². The molecule has 0 saturated carbocycles. The molecule has 3 aromatic rings. The third kappa shape index (κ3) is 3.88. The molecular weight excluding hydrogens is 316 g/mol. The molecule has 1 heterocycles.